The Balaban J connectivity index is 2.36. The van der Waals surface area contributed by atoms with E-state index < -0.39 is 0 Å². The van der Waals surface area contributed by atoms with Crippen molar-refractivity contribution in [3.8, 4) is 0 Å². The molecule has 3 rings (SSSR count). The maximum atomic E-state index is 6.17. The summed E-state index contributed by atoms with van der Waals surface area (Å²) in [6, 6.07) is 1.95. The topological polar surface area (TPSA) is 51.8 Å². The van der Waals surface area contributed by atoms with Gasteiger partial charge in [0.15, 0.2) is 0 Å². The molecule has 3 heteroatoms. The van der Waals surface area contributed by atoms with E-state index in [1.807, 2.05) is 6.07 Å². The fourth-order valence-corrected chi connectivity index (χ4v) is 2.31. The van der Waals surface area contributed by atoms with E-state index in [0.717, 1.165) is 29.4 Å². The molecule has 2 N–H and O–H groups in total. The highest BCUT2D eigenvalue weighted by molar-refractivity contribution is 5.91. The number of aryl methyl sites for hydroxylation is 1. The monoisotopic (exact) mass is 199 g/mol. The number of hydrogen-bond donors (Lipinski definition) is 1. The minimum atomic E-state index is 0.914. The molecular weight excluding hydrogens is 186 g/mol. The maximum Gasteiger partial charge on any atom is 0.0909 e. The van der Waals surface area contributed by atoms with Crippen LogP contribution < -0.4 is 5.73 Å². The van der Waals surface area contributed by atoms with Crippen molar-refractivity contribution in [3.05, 3.63) is 29.7 Å². The van der Waals surface area contributed by atoms with Crippen molar-refractivity contribution >= 4 is 16.6 Å². The van der Waals surface area contributed by atoms with Crippen LogP contribution in [0.25, 0.3) is 10.9 Å². The number of aromatic nitrogens is 2. The smallest absolute Gasteiger partial charge is 0.0909 e. The molecule has 2 aromatic heterocycles. The first-order valence-electron chi connectivity index (χ1n) is 5.37. The van der Waals surface area contributed by atoms with E-state index in [1.54, 1.807) is 12.4 Å². The number of hydrogen-bond acceptors (Lipinski definition) is 3. The van der Waals surface area contributed by atoms with Crippen LogP contribution in [0.5, 0.6) is 0 Å². The summed E-state index contributed by atoms with van der Waals surface area (Å²) in [6.07, 6.45) is 8.16. The summed E-state index contributed by atoms with van der Waals surface area (Å²) in [4.78, 5) is 8.72. The molecule has 1 aliphatic carbocycles. The van der Waals surface area contributed by atoms with Crippen LogP contribution in [0.2, 0.25) is 0 Å². The van der Waals surface area contributed by atoms with E-state index in [-0.39, 0.29) is 0 Å². The molecule has 0 bridgehead atoms. The molecule has 0 aliphatic heterocycles. The summed E-state index contributed by atoms with van der Waals surface area (Å²) in [5.41, 5.74) is 10.5. The zero-order valence-corrected chi connectivity index (χ0v) is 8.53. The van der Waals surface area contributed by atoms with Crippen molar-refractivity contribution in [2.24, 2.45) is 0 Å². The zero-order valence-electron chi connectivity index (χ0n) is 8.53. The second-order valence-electron chi connectivity index (χ2n) is 4.05. The molecule has 0 radical (unpaired) electrons. The van der Waals surface area contributed by atoms with Crippen molar-refractivity contribution in [1.29, 1.82) is 0 Å². The fraction of sp³-hybridized carbons (Fsp3) is 0.333. The van der Waals surface area contributed by atoms with Crippen LogP contribution in [0, 0.1) is 0 Å². The molecule has 0 aromatic carbocycles. The van der Waals surface area contributed by atoms with Crippen LogP contribution in [0.3, 0.4) is 0 Å². The maximum absolute atomic E-state index is 6.17. The molecule has 15 heavy (non-hydrogen) atoms. The van der Waals surface area contributed by atoms with Gasteiger partial charge in [-0.15, -0.1) is 0 Å². The van der Waals surface area contributed by atoms with Crippen LogP contribution in [0.1, 0.15) is 24.1 Å². The van der Waals surface area contributed by atoms with Gasteiger partial charge in [-0.05, 0) is 37.3 Å². The molecule has 0 atom stereocenters. The van der Waals surface area contributed by atoms with Crippen LogP contribution >= 0.6 is 0 Å². The van der Waals surface area contributed by atoms with Gasteiger partial charge in [0.25, 0.3) is 0 Å². The third-order valence-electron chi connectivity index (χ3n) is 3.11. The van der Waals surface area contributed by atoms with Crippen molar-refractivity contribution in [2.75, 3.05) is 5.73 Å². The average Bonchev–Trinajstić information content (AvgIpc) is 2.30. The molecule has 1 aliphatic rings. The Hall–Kier alpha value is -1.64. The number of anilines is 1. The zero-order chi connectivity index (χ0) is 10.3. The van der Waals surface area contributed by atoms with Gasteiger partial charge in [0.1, 0.15) is 0 Å². The normalized spacial score (nSPS) is 15.2. The lowest BCUT2D eigenvalue weighted by atomic mass is 9.93. The Morgan fingerprint density at radius 2 is 2.07 bits per heavy atom. The fourth-order valence-electron chi connectivity index (χ4n) is 2.31. The third-order valence-corrected chi connectivity index (χ3v) is 3.11. The van der Waals surface area contributed by atoms with Gasteiger partial charge >= 0.3 is 0 Å². The summed E-state index contributed by atoms with van der Waals surface area (Å²) in [7, 11) is 0. The number of rotatable bonds is 0. The highest BCUT2D eigenvalue weighted by atomic mass is 14.8. The average molecular weight is 199 g/mol. The standard InChI is InChI=1S/C12H13N3/c13-12-8-3-1-2-4-10(8)15-11-7-14-6-5-9(11)12/h5-7H,1-4H2,(H2,13,15). The Morgan fingerprint density at radius 1 is 1.20 bits per heavy atom. The molecule has 3 nitrogen and oxygen atoms in total. The number of nitrogens with zero attached hydrogens (tertiary/aromatic N) is 2. The van der Waals surface area contributed by atoms with Gasteiger partial charge in [0, 0.05) is 23.0 Å². The van der Waals surface area contributed by atoms with Crippen molar-refractivity contribution in [3.63, 3.8) is 0 Å². The summed E-state index contributed by atoms with van der Waals surface area (Å²) < 4.78 is 0. The van der Waals surface area contributed by atoms with Crippen molar-refractivity contribution < 1.29 is 0 Å². The van der Waals surface area contributed by atoms with E-state index in [1.165, 1.54) is 24.1 Å². The lowest BCUT2D eigenvalue weighted by Gasteiger charge is -2.18. The molecule has 0 amide bonds. The van der Waals surface area contributed by atoms with Crippen LogP contribution in [-0.4, -0.2) is 9.97 Å². The first-order valence-corrected chi connectivity index (χ1v) is 5.37. The van der Waals surface area contributed by atoms with Gasteiger partial charge in [0.2, 0.25) is 0 Å². The first kappa shape index (κ1) is 8.65. The van der Waals surface area contributed by atoms with Gasteiger partial charge in [-0.25, -0.2) is 0 Å². The molecular formula is C12H13N3. The van der Waals surface area contributed by atoms with E-state index in [4.69, 9.17) is 5.73 Å². The minimum absolute atomic E-state index is 0.914. The largest absolute Gasteiger partial charge is 0.398 e. The van der Waals surface area contributed by atoms with E-state index in [2.05, 4.69) is 9.97 Å². The van der Waals surface area contributed by atoms with Crippen LogP contribution in [-0.2, 0) is 12.8 Å². The highest BCUT2D eigenvalue weighted by Gasteiger charge is 2.15. The number of pyridine rings is 2. The van der Waals surface area contributed by atoms with Crippen molar-refractivity contribution in [1.82, 2.24) is 9.97 Å². The second-order valence-corrected chi connectivity index (χ2v) is 4.05. The van der Waals surface area contributed by atoms with Gasteiger partial charge < -0.3 is 5.73 Å². The molecule has 2 heterocycles. The number of nitrogens with two attached hydrogens (primary N) is 1. The molecule has 0 spiro atoms. The molecule has 0 fully saturated rings. The lowest BCUT2D eigenvalue weighted by molar-refractivity contribution is 0.673. The quantitative estimate of drug-likeness (QED) is 0.706. The Morgan fingerprint density at radius 3 is 3.00 bits per heavy atom. The van der Waals surface area contributed by atoms with Gasteiger partial charge in [0.05, 0.1) is 11.7 Å². The molecule has 0 saturated heterocycles. The lowest BCUT2D eigenvalue weighted by Crippen LogP contribution is -2.09. The summed E-state index contributed by atoms with van der Waals surface area (Å²) in [5, 5.41) is 1.05. The van der Waals surface area contributed by atoms with Gasteiger partial charge in [-0.1, -0.05) is 0 Å². The number of fused-ring (bicyclic) bond motifs is 2. The Bertz CT molecular complexity index is 520. The van der Waals surface area contributed by atoms with Gasteiger partial charge in [-0.2, -0.15) is 0 Å². The third kappa shape index (κ3) is 1.27. The first-order chi connectivity index (χ1) is 7.36. The second kappa shape index (κ2) is 3.19. The summed E-state index contributed by atoms with van der Waals surface area (Å²) in [6.45, 7) is 0. The van der Waals surface area contributed by atoms with E-state index in [0.29, 0.717) is 0 Å². The predicted octanol–water partition coefficient (Wildman–Crippen LogP) is 2.09. The molecule has 76 valence electrons. The van der Waals surface area contributed by atoms with E-state index >= 15 is 0 Å². The van der Waals surface area contributed by atoms with Gasteiger partial charge in [-0.3, -0.25) is 9.97 Å². The number of nitrogen functional groups attached to an aromatic ring is 1. The minimum Gasteiger partial charge on any atom is -0.398 e. The molecule has 0 saturated carbocycles. The predicted molar refractivity (Wildman–Crippen MR) is 60.6 cm³/mol. The Kier molecular flexibility index (Phi) is 1.84. The summed E-state index contributed by atoms with van der Waals surface area (Å²) >= 11 is 0. The van der Waals surface area contributed by atoms with Crippen LogP contribution in [0.15, 0.2) is 18.5 Å². The van der Waals surface area contributed by atoms with Crippen molar-refractivity contribution in [2.45, 2.75) is 25.7 Å². The van der Waals surface area contributed by atoms with E-state index in [9.17, 15) is 0 Å². The van der Waals surface area contributed by atoms with Crippen LogP contribution in [0.4, 0.5) is 5.69 Å². The highest BCUT2D eigenvalue weighted by Crippen LogP contribution is 2.30. The molecule has 2 aromatic rings. The summed E-state index contributed by atoms with van der Waals surface area (Å²) in [5.74, 6) is 0. The molecule has 0 unspecified atom stereocenters. The Labute approximate surface area is 88.3 Å². The SMILES string of the molecule is Nc1c2c(nc3cnccc13)CCCC2.